The zero-order valence-corrected chi connectivity index (χ0v) is 7.29. The van der Waals surface area contributed by atoms with Crippen molar-refractivity contribution in [2.24, 2.45) is 0 Å². The molecule has 0 atom stereocenters. The van der Waals surface area contributed by atoms with E-state index in [-0.39, 0.29) is 0 Å². The lowest BCUT2D eigenvalue weighted by atomic mass is 10.4. The lowest BCUT2D eigenvalue weighted by molar-refractivity contribution is 0.453. The standard InChI is InChI=1S/C9H8N4O/c10-8-3-4-9(13-12-8)14-7-2-1-5-11-6-7/h1-6H,(H2,10,12). The lowest BCUT2D eigenvalue weighted by Gasteiger charge is -2.01. The Morgan fingerprint density at radius 1 is 1.14 bits per heavy atom. The van der Waals surface area contributed by atoms with Crippen molar-refractivity contribution >= 4 is 5.82 Å². The third kappa shape index (κ3) is 1.95. The fourth-order valence-corrected chi connectivity index (χ4v) is 0.913. The highest BCUT2D eigenvalue weighted by atomic mass is 16.5. The van der Waals surface area contributed by atoms with Gasteiger partial charge in [0.2, 0.25) is 5.88 Å². The van der Waals surface area contributed by atoms with Gasteiger partial charge in [0.1, 0.15) is 11.6 Å². The molecule has 2 aromatic heterocycles. The Morgan fingerprint density at radius 3 is 2.71 bits per heavy atom. The Kier molecular flexibility index (Phi) is 2.22. The van der Waals surface area contributed by atoms with Gasteiger partial charge in [-0.15, -0.1) is 10.2 Å². The second-order valence-electron chi connectivity index (χ2n) is 2.59. The predicted octanol–water partition coefficient (Wildman–Crippen LogP) is 1.25. The number of ether oxygens (including phenoxy) is 1. The Morgan fingerprint density at radius 2 is 2.07 bits per heavy atom. The Labute approximate surface area is 80.6 Å². The largest absolute Gasteiger partial charge is 0.436 e. The van der Waals surface area contributed by atoms with Crippen molar-refractivity contribution in [3.05, 3.63) is 36.7 Å². The summed E-state index contributed by atoms with van der Waals surface area (Å²) >= 11 is 0. The molecule has 14 heavy (non-hydrogen) atoms. The number of pyridine rings is 1. The zero-order valence-electron chi connectivity index (χ0n) is 7.29. The van der Waals surface area contributed by atoms with E-state index in [9.17, 15) is 0 Å². The molecule has 2 rings (SSSR count). The molecule has 0 saturated carbocycles. The molecule has 0 amide bonds. The van der Waals surface area contributed by atoms with Crippen LogP contribution in [0.1, 0.15) is 0 Å². The quantitative estimate of drug-likeness (QED) is 0.767. The number of nitrogens with two attached hydrogens (primary N) is 1. The highest BCUT2D eigenvalue weighted by Gasteiger charge is 1.97. The van der Waals surface area contributed by atoms with Gasteiger partial charge in [0.25, 0.3) is 0 Å². The number of aromatic nitrogens is 3. The summed E-state index contributed by atoms with van der Waals surface area (Å²) in [5.41, 5.74) is 5.38. The highest BCUT2D eigenvalue weighted by molar-refractivity contribution is 5.29. The summed E-state index contributed by atoms with van der Waals surface area (Å²) in [6, 6.07) is 6.83. The molecule has 0 unspecified atom stereocenters. The van der Waals surface area contributed by atoms with E-state index in [1.807, 2.05) is 0 Å². The summed E-state index contributed by atoms with van der Waals surface area (Å²) in [4.78, 5) is 3.90. The lowest BCUT2D eigenvalue weighted by Crippen LogP contribution is -1.94. The minimum atomic E-state index is 0.364. The normalized spacial score (nSPS) is 9.71. The van der Waals surface area contributed by atoms with Crippen LogP contribution in [0.2, 0.25) is 0 Å². The third-order valence-corrected chi connectivity index (χ3v) is 1.52. The second kappa shape index (κ2) is 3.69. The fourth-order valence-electron chi connectivity index (χ4n) is 0.913. The average Bonchev–Trinajstić information content (AvgIpc) is 2.23. The maximum absolute atomic E-state index is 5.38. The van der Waals surface area contributed by atoms with Gasteiger partial charge < -0.3 is 10.5 Å². The molecular weight excluding hydrogens is 180 g/mol. The summed E-state index contributed by atoms with van der Waals surface area (Å²) in [6.45, 7) is 0. The maximum Gasteiger partial charge on any atom is 0.239 e. The number of hydrogen-bond donors (Lipinski definition) is 1. The van der Waals surface area contributed by atoms with Crippen molar-refractivity contribution in [2.45, 2.75) is 0 Å². The molecule has 0 bridgehead atoms. The fraction of sp³-hybridized carbons (Fsp3) is 0. The number of anilines is 1. The van der Waals surface area contributed by atoms with Crippen molar-refractivity contribution in [3.8, 4) is 11.6 Å². The molecule has 5 nitrogen and oxygen atoms in total. The van der Waals surface area contributed by atoms with Crippen molar-refractivity contribution in [2.75, 3.05) is 5.73 Å². The molecule has 0 aromatic carbocycles. The van der Waals surface area contributed by atoms with E-state index in [2.05, 4.69) is 15.2 Å². The van der Waals surface area contributed by atoms with E-state index >= 15 is 0 Å². The maximum atomic E-state index is 5.38. The Balaban J connectivity index is 2.16. The van der Waals surface area contributed by atoms with Crippen LogP contribution in [0, 0.1) is 0 Å². The van der Waals surface area contributed by atoms with Gasteiger partial charge in [-0.1, -0.05) is 0 Å². The van der Waals surface area contributed by atoms with Gasteiger partial charge in [-0.2, -0.15) is 0 Å². The number of nitrogens with zero attached hydrogens (tertiary/aromatic N) is 3. The second-order valence-corrected chi connectivity index (χ2v) is 2.59. The van der Waals surface area contributed by atoms with Gasteiger partial charge >= 0.3 is 0 Å². The molecule has 5 heteroatoms. The summed E-state index contributed by atoms with van der Waals surface area (Å²) in [6.07, 6.45) is 3.26. The molecule has 0 aliphatic heterocycles. The van der Waals surface area contributed by atoms with Crippen LogP contribution in [0.3, 0.4) is 0 Å². The first-order chi connectivity index (χ1) is 6.84. The van der Waals surface area contributed by atoms with E-state index < -0.39 is 0 Å². The van der Waals surface area contributed by atoms with Crippen LogP contribution >= 0.6 is 0 Å². The first kappa shape index (κ1) is 8.43. The monoisotopic (exact) mass is 188 g/mol. The molecule has 2 aromatic rings. The molecule has 2 N–H and O–H groups in total. The average molecular weight is 188 g/mol. The van der Waals surface area contributed by atoms with Crippen LogP contribution in [0.25, 0.3) is 0 Å². The van der Waals surface area contributed by atoms with Gasteiger partial charge in [0.15, 0.2) is 0 Å². The van der Waals surface area contributed by atoms with Crippen LogP contribution in [0.4, 0.5) is 5.82 Å². The van der Waals surface area contributed by atoms with E-state index in [1.165, 1.54) is 0 Å². The van der Waals surface area contributed by atoms with Crippen LogP contribution < -0.4 is 10.5 Å². The molecule has 0 aliphatic rings. The minimum absolute atomic E-state index is 0.364. The van der Waals surface area contributed by atoms with E-state index in [4.69, 9.17) is 10.5 Å². The van der Waals surface area contributed by atoms with Gasteiger partial charge in [0, 0.05) is 12.3 Å². The summed E-state index contributed by atoms with van der Waals surface area (Å²) in [5, 5.41) is 7.41. The summed E-state index contributed by atoms with van der Waals surface area (Å²) in [7, 11) is 0. The summed E-state index contributed by atoms with van der Waals surface area (Å²) < 4.78 is 5.34. The SMILES string of the molecule is Nc1ccc(Oc2cccnc2)nn1. The first-order valence-corrected chi connectivity index (χ1v) is 4.02. The Hall–Kier alpha value is -2.17. The number of hydrogen-bond acceptors (Lipinski definition) is 5. The summed E-state index contributed by atoms with van der Waals surface area (Å²) in [5.74, 6) is 1.38. The molecule has 0 fully saturated rings. The molecule has 70 valence electrons. The zero-order chi connectivity index (χ0) is 9.80. The minimum Gasteiger partial charge on any atom is -0.436 e. The first-order valence-electron chi connectivity index (χ1n) is 4.02. The van der Waals surface area contributed by atoms with Crippen LogP contribution in [-0.2, 0) is 0 Å². The molecule has 0 spiro atoms. The van der Waals surface area contributed by atoms with Gasteiger partial charge in [-0.3, -0.25) is 4.98 Å². The molecule has 0 saturated heterocycles. The van der Waals surface area contributed by atoms with Gasteiger partial charge in [0.05, 0.1) is 6.20 Å². The molecular formula is C9H8N4O. The van der Waals surface area contributed by atoms with Crippen molar-refractivity contribution < 1.29 is 4.74 Å². The smallest absolute Gasteiger partial charge is 0.239 e. The molecule has 2 heterocycles. The van der Waals surface area contributed by atoms with Crippen LogP contribution in [0.15, 0.2) is 36.7 Å². The van der Waals surface area contributed by atoms with Gasteiger partial charge in [-0.05, 0) is 18.2 Å². The van der Waals surface area contributed by atoms with Crippen molar-refractivity contribution in [3.63, 3.8) is 0 Å². The van der Waals surface area contributed by atoms with Crippen molar-refractivity contribution in [1.82, 2.24) is 15.2 Å². The van der Waals surface area contributed by atoms with E-state index in [1.54, 1.807) is 36.7 Å². The Bertz CT molecular complexity index is 401. The molecule has 0 aliphatic carbocycles. The van der Waals surface area contributed by atoms with E-state index in [0.717, 1.165) is 0 Å². The topological polar surface area (TPSA) is 73.9 Å². The number of nitrogen functional groups attached to an aromatic ring is 1. The predicted molar refractivity (Wildman–Crippen MR) is 50.8 cm³/mol. The van der Waals surface area contributed by atoms with Crippen LogP contribution in [0.5, 0.6) is 11.6 Å². The van der Waals surface area contributed by atoms with E-state index in [0.29, 0.717) is 17.4 Å². The number of rotatable bonds is 2. The van der Waals surface area contributed by atoms with Gasteiger partial charge in [-0.25, -0.2) is 0 Å². The van der Waals surface area contributed by atoms with Crippen LogP contribution in [-0.4, -0.2) is 15.2 Å². The third-order valence-electron chi connectivity index (χ3n) is 1.52. The highest BCUT2D eigenvalue weighted by Crippen LogP contribution is 2.16. The van der Waals surface area contributed by atoms with Crippen molar-refractivity contribution in [1.29, 1.82) is 0 Å². The molecule has 0 radical (unpaired) electrons.